The zero-order chi connectivity index (χ0) is 19.8. The molecule has 2 aromatic rings. The first-order valence-corrected chi connectivity index (χ1v) is 9.12. The zero-order valence-corrected chi connectivity index (χ0v) is 16.2. The van der Waals surface area contributed by atoms with Crippen LogP contribution < -0.4 is 9.64 Å². The predicted octanol–water partition coefficient (Wildman–Crippen LogP) is 3.50. The van der Waals surface area contributed by atoms with Crippen molar-refractivity contribution in [2.45, 2.75) is 52.4 Å². The van der Waals surface area contributed by atoms with Crippen molar-refractivity contribution in [1.29, 1.82) is 0 Å². The van der Waals surface area contributed by atoms with Crippen LogP contribution in [0.1, 0.15) is 43.9 Å². The minimum absolute atomic E-state index is 0.00379. The van der Waals surface area contributed by atoms with Gasteiger partial charge in [0.05, 0.1) is 18.3 Å². The van der Waals surface area contributed by atoms with Crippen molar-refractivity contribution in [3.05, 3.63) is 59.2 Å². The number of amides is 1. The molecule has 1 amide bonds. The summed E-state index contributed by atoms with van der Waals surface area (Å²) in [7, 11) is 0. The molecule has 0 aromatic heterocycles. The van der Waals surface area contributed by atoms with Crippen molar-refractivity contribution in [2.75, 3.05) is 4.90 Å². The van der Waals surface area contributed by atoms with Gasteiger partial charge >= 0.3 is 0 Å². The molecule has 0 fully saturated rings. The fourth-order valence-corrected chi connectivity index (χ4v) is 3.65. The van der Waals surface area contributed by atoms with E-state index in [2.05, 4.69) is 0 Å². The molecule has 5 nitrogen and oxygen atoms in total. The second-order valence-electron chi connectivity index (χ2n) is 7.38. The standard InChI is InChI=1S/C22H25NO4/c1-14(2)27-19-11-6-5-9-17(19)13-23-20-15(3)8-7-10-18(20)22(26,21(23)25)12-16(4)24/h5-11,14,26H,12-13H2,1-4H3. The smallest absolute Gasteiger partial charge is 0.264 e. The van der Waals surface area contributed by atoms with Crippen LogP contribution in [0.4, 0.5) is 5.69 Å². The first-order valence-electron chi connectivity index (χ1n) is 9.12. The molecule has 2 aromatic carbocycles. The molecule has 0 radical (unpaired) electrons. The molecule has 1 unspecified atom stereocenters. The number of anilines is 1. The van der Waals surface area contributed by atoms with E-state index in [1.165, 1.54) is 6.92 Å². The van der Waals surface area contributed by atoms with Crippen molar-refractivity contribution in [3.8, 4) is 5.75 Å². The number of fused-ring (bicyclic) bond motifs is 1. The summed E-state index contributed by atoms with van der Waals surface area (Å²) in [5.41, 5.74) is 1.07. The average Bonchev–Trinajstić information content (AvgIpc) is 2.78. The van der Waals surface area contributed by atoms with Crippen LogP contribution in [0, 0.1) is 6.92 Å². The van der Waals surface area contributed by atoms with Gasteiger partial charge in [-0.05, 0) is 39.3 Å². The third-order valence-corrected chi connectivity index (χ3v) is 4.72. The SMILES string of the molecule is CC(=O)CC1(O)C(=O)N(Cc2ccccc2OC(C)C)c2c(C)cccc21. The highest BCUT2D eigenvalue weighted by Gasteiger charge is 2.50. The van der Waals surface area contributed by atoms with E-state index in [0.717, 1.165) is 11.1 Å². The summed E-state index contributed by atoms with van der Waals surface area (Å²) in [6.07, 6.45) is -0.229. The number of carbonyl (C=O) groups excluding carboxylic acids is 2. The van der Waals surface area contributed by atoms with Crippen molar-refractivity contribution in [2.24, 2.45) is 0 Å². The fourth-order valence-electron chi connectivity index (χ4n) is 3.65. The van der Waals surface area contributed by atoms with Crippen LogP contribution in [0.15, 0.2) is 42.5 Å². The van der Waals surface area contributed by atoms with Crippen LogP contribution in [0.3, 0.4) is 0 Å². The average molecular weight is 367 g/mol. The summed E-state index contributed by atoms with van der Waals surface area (Å²) in [6.45, 7) is 7.44. The first kappa shape index (κ1) is 19.1. The minimum atomic E-state index is -1.82. The molecule has 0 spiro atoms. The molecule has 1 aliphatic heterocycles. The highest BCUT2D eigenvalue weighted by atomic mass is 16.5. The van der Waals surface area contributed by atoms with E-state index >= 15 is 0 Å². The predicted molar refractivity (Wildman–Crippen MR) is 104 cm³/mol. The Morgan fingerprint density at radius 1 is 1.19 bits per heavy atom. The number of ether oxygens (including phenoxy) is 1. The number of ketones is 1. The topological polar surface area (TPSA) is 66.8 Å². The molecule has 3 rings (SSSR count). The summed E-state index contributed by atoms with van der Waals surface area (Å²) in [4.78, 5) is 26.5. The Bertz CT molecular complexity index is 890. The van der Waals surface area contributed by atoms with Gasteiger partial charge in [-0.25, -0.2) is 0 Å². The zero-order valence-electron chi connectivity index (χ0n) is 16.2. The highest BCUT2D eigenvalue weighted by Crippen LogP contribution is 2.45. The summed E-state index contributed by atoms with van der Waals surface area (Å²) >= 11 is 0. The van der Waals surface area contributed by atoms with Gasteiger partial charge in [-0.3, -0.25) is 9.59 Å². The van der Waals surface area contributed by atoms with Gasteiger partial charge in [0.15, 0.2) is 5.60 Å². The molecule has 0 saturated carbocycles. The van der Waals surface area contributed by atoms with E-state index in [0.29, 0.717) is 17.0 Å². The lowest BCUT2D eigenvalue weighted by Gasteiger charge is -2.24. The van der Waals surface area contributed by atoms with Gasteiger partial charge < -0.3 is 14.7 Å². The van der Waals surface area contributed by atoms with Crippen LogP contribution >= 0.6 is 0 Å². The second-order valence-corrected chi connectivity index (χ2v) is 7.38. The van der Waals surface area contributed by atoms with E-state index in [1.54, 1.807) is 17.0 Å². The second kappa shape index (κ2) is 7.16. The Balaban J connectivity index is 2.05. The number of hydrogen-bond donors (Lipinski definition) is 1. The number of aryl methyl sites for hydroxylation is 1. The maximum absolute atomic E-state index is 13.2. The van der Waals surface area contributed by atoms with Crippen molar-refractivity contribution >= 4 is 17.4 Å². The number of nitrogens with zero attached hydrogens (tertiary/aromatic N) is 1. The molecule has 1 aliphatic rings. The van der Waals surface area contributed by atoms with Crippen molar-refractivity contribution in [1.82, 2.24) is 0 Å². The van der Waals surface area contributed by atoms with Gasteiger partial charge in [-0.1, -0.05) is 36.4 Å². The molecule has 0 aliphatic carbocycles. The summed E-state index contributed by atoms with van der Waals surface area (Å²) in [5, 5.41) is 11.1. The number of Topliss-reactive ketones (excluding diaryl/α,β-unsaturated/α-hetero) is 1. The molecule has 1 atom stereocenters. The summed E-state index contributed by atoms with van der Waals surface area (Å²) in [6, 6.07) is 13.0. The molecule has 0 bridgehead atoms. The highest BCUT2D eigenvalue weighted by molar-refractivity contribution is 6.09. The molecule has 142 valence electrons. The number of aliphatic hydroxyl groups is 1. The van der Waals surface area contributed by atoms with Gasteiger partial charge in [0.25, 0.3) is 5.91 Å². The van der Waals surface area contributed by atoms with E-state index < -0.39 is 11.5 Å². The fraction of sp³-hybridized carbons (Fsp3) is 0.364. The summed E-state index contributed by atoms with van der Waals surface area (Å²) in [5.74, 6) is 0.00230. The minimum Gasteiger partial charge on any atom is -0.491 e. The Morgan fingerprint density at radius 2 is 1.89 bits per heavy atom. The molecular weight excluding hydrogens is 342 g/mol. The van der Waals surface area contributed by atoms with Crippen LogP contribution in [-0.4, -0.2) is 22.9 Å². The molecule has 5 heteroatoms. The third kappa shape index (κ3) is 3.47. The molecule has 27 heavy (non-hydrogen) atoms. The van der Waals surface area contributed by atoms with E-state index in [1.807, 2.05) is 51.1 Å². The van der Waals surface area contributed by atoms with Gasteiger partial charge in [0.1, 0.15) is 11.5 Å². The maximum atomic E-state index is 13.2. The van der Waals surface area contributed by atoms with Crippen molar-refractivity contribution in [3.63, 3.8) is 0 Å². The van der Waals surface area contributed by atoms with Gasteiger partial charge in [0, 0.05) is 17.5 Å². The lowest BCUT2D eigenvalue weighted by Crippen LogP contribution is -2.41. The van der Waals surface area contributed by atoms with E-state index in [-0.39, 0.29) is 24.9 Å². The number of hydrogen-bond acceptors (Lipinski definition) is 4. The third-order valence-electron chi connectivity index (χ3n) is 4.72. The van der Waals surface area contributed by atoms with Crippen molar-refractivity contribution < 1.29 is 19.4 Å². The van der Waals surface area contributed by atoms with Gasteiger partial charge in [0.2, 0.25) is 0 Å². The van der Waals surface area contributed by atoms with Crippen LogP contribution in [0.25, 0.3) is 0 Å². The van der Waals surface area contributed by atoms with E-state index in [9.17, 15) is 14.7 Å². The largest absolute Gasteiger partial charge is 0.491 e. The maximum Gasteiger partial charge on any atom is 0.264 e. The Kier molecular flexibility index (Phi) is 5.07. The lowest BCUT2D eigenvalue weighted by molar-refractivity contribution is -0.141. The number of carbonyl (C=O) groups is 2. The Morgan fingerprint density at radius 3 is 2.56 bits per heavy atom. The first-order chi connectivity index (χ1) is 12.7. The Labute approximate surface area is 159 Å². The van der Waals surface area contributed by atoms with Gasteiger partial charge in [-0.2, -0.15) is 0 Å². The van der Waals surface area contributed by atoms with Gasteiger partial charge in [-0.15, -0.1) is 0 Å². The van der Waals surface area contributed by atoms with Crippen LogP contribution in [0.5, 0.6) is 5.75 Å². The van der Waals surface area contributed by atoms with E-state index in [4.69, 9.17) is 4.74 Å². The normalized spacial score (nSPS) is 18.7. The molecule has 1 heterocycles. The molecular formula is C22H25NO4. The Hall–Kier alpha value is -2.66. The van der Waals surface area contributed by atoms with Crippen LogP contribution in [-0.2, 0) is 21.7 Å². The molecule has 0 saturated heterocycles. The number of benzene rings is 2. The summed E-state index contributed by atoms with van der Waals surface area (Å²) < 4.78 is 5.87. The van der Waals surface area contributed by atoms with Crippen LogP contribution in [0.2, 0.25) is 0 Å². The lowest BCUT2D eigenvalue weighted by atomic mass is 9.89. The number of rotatable bonds is 6. The monoisotopic (exact) mass is 367 g/mol. The number of para-hydroxylation sites is 2. The quantitative estimate of drug-likeness (QED) is 0.849. The molecule has 1 N–H and O–H groups in total.